The van der Waals surface area contributed by atoms with E-state index in [9.17, 15) is 20.1 Å². The molecule has 3 aliphatic heterocycles. The van der Waals surface area contributed by atoms with Gasteiger partial charge in [0.25, 0.3) is 0 Å². The molecule has 21 heteroatoms. The standard InChI is InChI=1S/C76H72F4N8O9/c1-42-40-96-76(97-42)52-20-19-49(39-64(52)93-2)94-35-11-34-88-63-32-22-51-50(21-23-54(63)86-87-88)53(51)41-95-65(92)18-6-4-3-5-7-33-81-75-73(79)71(77)70(72(78)74(75)80)69-61-30-28-59(84-61)67(44-13-9-16-47(90)37-44)57-26-24-55(82-57)66(43-12-8-15-46(89)36-43)56-25-27-58(83-56)68(60-29-31-62(69)85-60)45-14-10-17-48(91)38-45/h8-10,12-17,19-20,24-31,36-39,42,50-51,53,76,81-82,85,89-91H,3-7,11,18,21-23,32-35,40-41H2,1-2H3/t42?,50-,51+,53-,76?/m0/s1. The van der Waals surface area contributed by atoms with Crippen LogP contribution < -0.4 is 14.8 Å². The number of aryl methyl sites for hydroxylation is 2. The smallest absolute Gasteiger partial charge is 0.305 e. The van der Waals surface area contributed by atoms with E-state index in [2.05, 4.69) is 25.6 Å². The number of hydrogen-bond acceptors (Lipinski definition) is 14. The van der Waals surface area contributed by atoms with Gasteiger partial charge in [-0.3, -0.25) is 4.79 Å². The molecular formula is C76H72F4N8O9. The Morgan fingerprint density at radius 3 is 1.74 bits per heavy atom. The van der Waals surface area contributed by atoms with Crippen LogP contribution in [0.15, 0.2) is 115 Å². The SMILES string of the molecule is COc1cc(OCCCn2nnc3c2CC[C@@H]2[C@H](CC3)[C@@H]2COC(=O)CCCCCCCNc2c(F)c(F)c(-c3c4nc(c(-c5cccc(O)c5)c5ccc([nH]5)c(-c5cccc(O)c5)c5nc(c(-c6cccc(O)c6)c6ccc3[nH]6)C=C5)C=C4)c(F)c2F)ccc1C1OCC(C)O1. The Morgan fingerprint density at radius 2 is 1.19 bits per heavy atom. The molecule has 4 aromatic heterocycles. The number of nitrogens with one attached hydrogen (secondary N) is 3. The van der Waals surface area contributed by atoms with Gasteiger partial charge in [-0.25, -0.2) is 32.2 Å². The van der Waals surface area contributed by atoms with Gasteiger partial charge in [0.15, 0.2) is 29.6 Å². The summed E-state index contributed by atoms with van der Waals surface area (Å²) in [6.45, 7) is 4.06. The number of carbonyl (C=O) groups is 1. The fourth-order valence-corrected chi connectivity index (χ4v) is 14.1. The number of ether oxygens (including phenoxy) is 5. The Morgan fingerprint density at radius 1 is 0.639 bits per heavy atom. The number of aromatic amines is 2. The first-order valence-electron chi connectivity index (χ1n) is 33.0. The molecule has 8 bridgehead atoms. The topological polar surface area (TPSA) is 224 Å². The van der Waals surface area contributed by atoms with Crippen molar-refractivity contribution < 1.29 is 61.4 Å². The number of fused-ring (bicyclic) bond motifs is 10. The van der Waals surface area contributed by atoms with Crippen LogP contribution in [0.2, 0.25) is 0 Å². The summed E-state index contributed by atoms with van der Waals surface area (Å²) < 4.78 is 98.6. The zero-order valence-electron chi connectivity index (χ0n) is 53.5. The lowest BCUT2D eigenvalue weighted by atomic mass is 10.0. The van der Waals surface area contributed by atoms with Gasteiger partial charge in [0.1, 0.15) is 34.4 Å². The summed E-state index contributed by atoms with van der Waals surface area (Å²) in [5, 5.41) is 44.0. The summed E-state index contributed by atoms with van der Waals surface area (Å²) in [6.07, 6.45) is 13.9. The van der Waals surface area contributed by atoms with Gasteiger partial charge >= 0.3 is 5.97 Å². The molecular weight excluding hydrogens is 1240 g/mol. The fourth-order valence-electron chi connectivity index (χ4n) is 14.1. The third-order valence-corrected chi connectivity index (χ3v) is 18.9. The molecule has 6 N–H and O–H groups in total. The molecule has 17 nitrogen and oxygen atoms in total. The minimum absolute atomic E-state index is 0.00237. The van der Waals surface area contributed by atoms with Crippen LogP contribution in [-0.4, -0.2) is 95.8 Å². The summed E-state index contributed by atoms with van der Waals surface area (Å²) in [7, 11) is 1.62. The number of aromatic nitrogens is 7. The molecule has 2 fully saturated rings. The van der Waals surface area contributed by atoms with Gasteiger partial charge in [0.2, 0.25) is 0 Å². The number of esters is 1. The van der Waals surface area contributed by atoms with Crippen molar-refractivity contribution in [2.75, 3.05) is 38.8 Å². The molecule has 498 valence electrons. The van der Waals surface area contributed by atoms with E-state index in [1.165, 1.54) is 24.3 Å². The lowest BCUT2D eigenvalue weighted by molar-refractivity contribution is -0.144. The molecule has 5 aromatic carbocycles. The highest BCUT2D eigenvalue weighted by Crippen LogP contribution is 2.53. The maximum absolute atomic E-state index is 17.1. The van der Waals surface area contributed by atoms with Crippen LogP contribution in [0.5, 0.6) is 28.7 Å². The number of halogens is 4. The van der Waals surface area contributed by atoms with Crippen LogP contribution in [0.3, 0.4) is 0 Å². The van der Waals surface area contributed by atoms with Crippen LogP contribution in [0.25, 0.3) is 90.9 Å². The molecule has 97 heavy (non-hydrogen) atoms. The van der Waals surface area contributed by atoms with Gasteiger partial charge in [0.05, 0.1) is 72.8 Å². The van der Waals surface area contributed by atoms with E-state index < -0.39 is 40.8 Å². The van der Waals surface area contributed by atoms with Crippen molar-refractivity contribution in [1.29, 1.82) is 0 Å². The Hall–Kier alpha value is -10.3. The van der Waals surface area contributed by atoms with E-state index in [0.717, 1.165) is 49.1 Å². The van der Waals surface area contributed by atoms with Crippen LogP contribution in [0.4, 0.5) is 23.2 Å². The highest BCUT2D eigenvalue weighted by molar-refractivity contribution is 6.00. The summed E-state index contributed by atoms with van der Waals surface area (Å²) in [5.74, 6) is -4.25. The highest BCUT2D eigenvalue weighted by atomic mass is 19.2. The number of rotatable bonds is 22. The summed E-state index contributed by atoms with van der Waals surface area (Å²) in [6, 6.07) is 32.2. The first kappa shape index (κ1) is 64.1. The van der Waals surface area contributed by atoms with E-state index in [-0.39, 0.29) is 64.8 Å². The Labute approximate surface area is 556 Å². The lowest BCUT2D eigenvalue weighted by Gasteiger charge is -2.16. The first-order valence-corrected chi connectivity index (χ1v) is 33.0. The minimum atomic E-state index is -1.65. The number of methoxy groups -OCH3 is 1. The average Bonchev–Trinajstić information content (AvgIpc) is 1.63. The van der Waals surface area contributed by atoms with Crippen molar-refractivity contribution in [3.8, 4) is 73.3 Å². The summed E-state index contributed by atoms with van der Waals surface area (Å²) in [5.41, 5.74) is 6.66. The number of hydrogen-bond donors (Lipinski definition) is 6. The van der Waals surface area contributed by atoms with Crippen LogP contribution in [-0.2, 0) is 38.4 Å². The van der Waals surface area contributed by atoms with E-state index in [0.29, 0.717) is 149 Å². The van der Waals surface area contributed by atoms with E-state index in [1.54, 1.807) is 79.9 Å². The largest absolute Gasteiger partial charge is 0.508 e. The monoisotopic (exact) mass is 1320 g/mol. The van der Waals surface area contributed by atoms with Gasteiger partial charge in [-0.05, 0) is 177 Å². The first-order chi connectivity index (χ1) is 47.2. The number of aromatic hydroxyl groups is 3. The predicted octanol–water partition coefficient (Wildman–Crippen LogP) is 16.2. The molecule has 5 atom stereocenters. The Kier molecular flexibility index (Phi) is 18.4. The molecule has 0 radical (unpaired) electrons. The average molecular weight is 1320 g/mol. The number of carbonyl (C=O) groups excluding carboxylic acids is 1. The maximum Gasteiger partial charge on any atom is 0.305 e. The fraction of sp³-hybridized carbons (Fsp3) is 0.303. The third-order valence-electron chi connectivity index (χ3n) is 18.9. The van der Waals surface area contributed by atoms with E-state index in [1.807, 2.05) is 54.1 Å². The Bertz CT molecular complexity index is 4660. The molecule has 5 aliphatic rings. The lowest BCUT2D eigenvalue weighted by Crippen LogP contribution is -2.11. The quantitative estimate of drug-likeness (QED) is 0.0161. The molecule has 1 saturated heterocycles. The normalized spacial score (nSPS) is 17.7. The summed E-state index contributed by atoms with van der Waals surface area (Å²) >= 11 is 0. The summed E-state index contributed by atoms with van der Waals surface area (Å²) in [4.78, 5) is 29.8. The number of H-pyrrole nitrogens is 2. The molecule has 0 amide bonds. The van der Waals surface area contributed by atoms with Crippen LogP contribution in [0.1, 0.15) is 111 Å². The van der Waals surface area contributed by atoms with Crippen molar-refractivity contribution in [3.63, 3.8) is 0 Å². The second kappa shape index (κ2) is 27.8. The molecule has 1 saturated carbocycles. The van der Waals surface area contributed by atoms with Gasteiger partial charge < -0.3 is 54.3 Å². The third kappa shape index (κ3) is 13.4. The van der Waals surface area contributed by atoms with Crippen LogP contribution >= 0.6 is 0 Å². The number of benzene rings is 5. The number of phenolic OH excluding ortho intramolecular Hbond substituents is 3. The maximum atomic E-state index is 17.1. The zero-order valence-corrected chi connectivity index (χ0v) is 53.5. The van der Waals surface area contributed by atoms with E-state index >= 15 is 17.6 Å². The second-order valence-corrected chi connectivity index (χ2v) is 25.3. The van der Waals surface area contributed by atoms with Crippen molar-refractivity contribution in [2.45, 2.75) is 96.5 Å². The molecule has 14 rings (SSSR count). The van der Waals surface area contributed by atoms with E-state index in [4.69, 9.17) is 33.7 Å². The molecule has 7 heterocycles. The molecule has 9 aromatic rings. The van der Waals surface area contributed by atoms with Gasteiger partial charge in [-0.1, -0.05) is 60.9 Å². The zero-order chi connectivity index (χ0) is 66.8. The number of phenols is 3. The second-order valence-electron chi connectivity index (χ2n) is 25.3. The van der Waals surface area contributed by atoms with Gasteiger partial charge in [-0.2, -0.15) is 0 Å². The van der Waals surface area contributed by atoms with Crippen molar-refractivity contribution >= 4 is 58.0 Å². The number of unbranched alkanes of at least 4 members (excludes halogenated alkanes) is 4. The van der Waals surface area contributed by atoms with Crippen LogP contribution in [0, 0.1) is 41.0 Å². The number of nitrogens with zero attached hydrogens (tertiary/aromatic N) is 5. The highest BCUT2D eigenvalue weighted by Gasteiger charge is 2.50. The van der Waals surface area contributed by atoms with Gasteiger partial charge in [0, 0.05) is 81.9 Å². The molecule has 2 aliphatic carbocycles. The molecule has 0 spiro atoms. The predicted molar refractivity (Wildman–Crippen MR) is 362 cm³/mol. The van der Waals surface area contributed by atoms with Crippen molar-refractivity contribution in [1.82, 2.24) is 34.9 Å². The number of anilines is 1. The molecule has 2 unspecified atom stereocenters. The van der Waals surface area contributed by atoms with Crippen molar-refractivity contribution in [2.24, 2.45) is 17.8 Å². The van der Waals surface area contributed by atoms with Crippen molar-refractivity contribution in [3.05, 3.63) is 178 Å². The minimum Gasteiger partial charge on any atom is -0.508 e. The van der Waals surface area contributed by atoms with Gasteiger partial charge in [-0.15, -0.1) is 5.10 Å². The Balaban J connectivity index is 0.622.